The SMILES string of the molecule is CC(CNC(=O)OCC1c2ccccc2-c2ccccc21)C(=O)Nc1cc(F)cc(C(=O)O)c1. The second-order valence-electron chi connectivity index (χ2n) is 8.13. The number of alkyl carbamates (subject to hydrolysis) is 1. The fourth-order valence-corrected chi connectivity index (χ4v) is 4.03. The number of amides is 2. The van der Waals surface area contributed by atoms with Gasteiger partial charge in [-0.05, 0) is 40.5 Å². The van der Waals surface area contributed by atoms with E-state index in [2.05, 4.69) is 10.6 Å². The molecule has 0 aliphatic heterocycles. The van der Waals surface area contributed by atoms with Gasteiger partial charge in [0.1, 0.15) is 12.4 Å². The standard InChI is InChI=1S/C26H23FN2O5/c1-15(24(30)29-18-11-16(25(31)32)10-17(27)12-18)13-28-26(33)34-14-23-21-8-4-2-6-19(21)20-7-3-5-9-22(20)23/h2-12,15,23H,13-14H2,1H3,(H,28,33)(H,29,30)(H,31,32). The van der Waals surface area contributed by atoms with Crippen LogP contribution in [0.15, 0.2) is 66.7 Å². The number of halogens is 1. The second-order valence-corrected chi connectivity index (χ2v) is 8.13. The Bertz CT molecular complexity index is 1210. The maximum absolute atomic E-state index is 13.6. The van der Waals surface area contributed by atoms with Crippen molar-refractivity contribution < 1.29 is 28.6 Å². The Hall–Kier alpha value is -4.20. The average molecular weight is 462 g/mol. The van der Waals surface area contributed by atoms with Crippen LogP contribution in [0, 0.1) is 11.7 Å². The van der Waals surface area contributed by atoms with Crippen LogP contribution in [0.2, 0.25) is 0 Å². The summed E-state index contributed by atoms with van der Waals surface area (Å²) in [5.74, 6) is -3.33. The number of nitrogens with one attached hydrogen (secondary N) is 2. The third-order valence-electron chi connectivity index (χ3n) is 5.76. The van der Waals surface area contributed by atoms with Gasteiger partial charge in [-0.15, -0.1) is 0 Å². The number of anilines is 1. The van der Waals surface area contributed by atoms with Crippen LogP contribution >= 0.6 is 0 Å². The largest absolute Gasteiger partial charge is 0.478 e. The van der Waals surface area contributed by atoms with Crippen LogP contribution in [-0.4, -0.2) is 36.2 Å². The first-order valence-corrected chi connectivity index (χ1v) is 10.8. The molecule has 2 amide bonds. The zero-order valence-corrected chi connectivity index (χ0v) is 18.4. The predicted octanol–water partition coefficient (Wildman–Crippen LogP) is 4.64. The minimum atomic E-state index is -1.31. The Morgan fingerprint density at radius 3 is 2.24 bits per heavy atom. The van der Waals surface area contributed by atoms with E-state index >= 15 is 0 Å². The molecule has 3 aromatic carbocycles. The zero-order valence-electron chi connectivity index (χ0n) is 18.4. The molecule has 0 bridgehead atoms. The number of fused-ring (bicyclic) bond motifs is 3. The van der Waals surface area contributed by atoms with Crippen molar-refractivity contribution in [3.63, 3.8) is 0 Å². The van der Waals surface area contributed by atoms with Gasteiger partial charge in [-0.25, -0.2) is 14.0 Å². The fourth-order valence-electron chi connectivity index (χ4n) is 4.03. The monoisotopic (exact) mass is 462 g/mol. The summed E-state index contributed by atoms with van der Waals surface area (Å²) in [6, 6.07) is 19.1. The Kier molecular flexibility index (Phi) is 6.58. The smallest absolute Gasteiger partial charge is 0.407 e. The molecule has 0 saturated carbocycles. The lowest BCUT2D eigenvalue weighted by Gasteiger charge is -2.16. The molecule has 3 N–H and O–H groups in total. The van der Waals surface area contributed by atoms with Crippen molar-refractivity contribution in [2.45, 2.75) is 12.8 Å². The molecular weight excluding hydrogens is 439 g/mol. The summed E-state index contributed by atoms with van der Waals surface area (Å²) in [5.41, 5.74) is 4.19. The van der Waals surface area contributed by atoms with Crippen LogP contribution in [0.4, 0.5) is 14.9 Å². The minimum Gasteiger partial charge on any atom is -0.478 e. The van der Waals surface area contributed by atoms with Gasteiger partial charge in [-0.1, -0.05) is 55.5 Å². The van der Waals surface area contributed by atoms with E-state index in [9.17, 15) is 18.8 Å². The second kappa shape index (κ2) is 9.74. The summed E-state index contributed by atoms with van der Waals surface area (Å²) in [5, 5.41) is 14.1. The highest BCUT2D eigenvalue weighted by Gasteiger charge is 2.29. The summed E-state index contributed by atoms with van der Waals surface area (Å²) in [7, 11) is 0. The van der Waals surface area contributed by atoms with Crippen molar-refractivity contribution in [1.82, 2.24) is 5.32 Å². The molecule has 0 spiro atoms. The number of ether oxygens (including phenoxy) is 1. The van der Waals surface area contributed by atoms with Crippen molar-refractivity contribution in [2.24, 2.45) is 5.92 Å². The Balaban J connectivity index is 1.31. The number of carbonyl (C=O) groups excluding carboxylic acids is 2. The molecule has 0 radical (unpaired) electrons. The van der Waals surface area contributed by atoms with Crippen LogP contribution in [0.25, 0.3) is 11.1 Å². The van der Waals surface area contributed by atoms with Crippen molar-refractivity contribution in [1.29, 1.82) is 0 Å². The van der Waals surface area contributed by atoms with Gasteiger partial charge >= 0.3 is 12.1 Å². The fraction of sp³-hybridized carbons (Fsp3) is 0.192. The number of benzene rings is 3. The molecule has 4 rings (SSSR count). The van der Waals surface area contributed by atoms with Crippen LogP contribution in [0.3, 0.4) is 0 Å². The number of rotatable bonds is 7. The molecule has 3 aromatic rings. The molecule has 34 heavy (non-hydrogen) atoms. The first-order chi connectivity index (χ1) is 16.3. The highest BCUT2D eigenvalue weighted by atomic mass is 19.1. The van der Waals surface area contributed by atoms with Gasteiger partial charge < -0.3 is 20.5 Å². The Morgan fingerprint density at radius 2 is 1.62 bits per heavy atom. The number of carboxylic acids is 1. The number of carbonyl (C=O) groups is 3. The molecule has 7 nitrogen and oxygen atoms in total. The first-order valence-electron chi connectivity index (χ1n) is 10.8. The molecule has 1 aliphatic carbocycles. The molecule has 0 saturated heterocycles. The van der Waals surface area contributed by atoms with E-state index in [1.165, 1.54) is 0 Å². The molecule has 1 unspecified atom stereocenters. The number of hydrogen-bond donors (Lipinski definition) is 3. The summed E-state index contributed by atoms with van der Waals surface area (Å²) in [4.78, 5) is 35.7. The van der Waals surface area contributed by atoms with Gasteiger partial charge in [-0.2, -0.15) is 0 Å². The van der Waals surface area contributed by atoms with Gasteiger partial charge in [-0.3, -0.25) is 4.79 Å². The summed E-state index contributed by atoms with van der Waals surface area (Å²) in [6.45, 7) is 1.72. The predicted molar refractivity (Wildman–Crippen MR) is 124 cm³/mol. The minimum absolute atomic E-state index is 0.0103. The topological polar surface area (TPSA) is 105 Å². The lowest BCUT2D eigenvalue weighted by atomic mass is 9.98. The van der Waals surface area contributed by atoms with Gasteiger partial charge in [0.25, 0.3) is 0 Å². The normalized spacial score (nSPS) is 12.9. The van der Waals surface area contributed by atoms with Crippen LogP contribution < -0.4 is 10.6 Å². The molecular formula is C26H23FN2O5. The highest BCUT2D eigenvalue weighted by Crippen LogP contribution is 2.44. The van der Waals surface area contributed by atoms with Crippen molar-refractivity contribution in [3.8, 4) is 11.1 Å². The third kappa shape index (κ3) is 4.91. The van der Waals surface area contributed by atoms with Crippen LogP contribution in [-0.2, 0) is 9.53 Å². The summed E-state index contributed by atoms with van der Waals surface area (Å²) < 4.78 is 19.1. The van der Waals surface area contributed by atoms with Gasteiger partial charge in [0.05, 0.1) is 11.5 Å². The molecule has 1 aliphatic rings. The van der Waals surface area contributed by atoms with Crippen molar-refractivity contribution in [3.05, 3.63) is 89.2 Å². The summed E-state index contributed by atoms with van der Waals surface area (Å²) >= 11 is 0. The molecule has 174 valence electrons. The van der Waals surface area contributed by atoms with Gasteiger partial charge in [0.15, 0.2) is 0 Å². The number of aromatic carboxylic acids is 1. The third-order valence-corrected chi connectivity index (χ3v) is 5.76. The van der Waals surface area contributed by atoms with Crippen molar-refractivity contribution in [2.75, 3.05) is 18.5 Å². The molecule has 0 heterocycles. The molecule has 1 atom stereocenters. The molecule has 8 heteroatoms. The maximum Gasteiger partial charge on any atom is 0.407 e. The van der Waals surface area contributed by atoms with E-state index in [1.807, 2.05) is 48.5 Å². The van der Waals surface area contributed by atoms with E-state index in [4.69, 9.17) is 9.84 Å². The Labute approximate surface area is 195 Å². The first kappa shape index (κ1) is 23.0. The quantitative estimate of drug-likeness (QED) is 0.475. The lowest BCUT2D eigenvalue weighted by molar-refractivity contribution is -0.119. The average Bonchev–Trinajstić information content (AvgIpc) is 3.14. The van der Waals surface area contributed by atoms with E-state index in [1.54, 1.807) is 6.92 Å². The highest BCUT2D eigenvalue weighted by molar-refractivity contribution is 5.95. The van der Waals surface area contributed by atoms with Crippen LogP contribution in [0.5, 0.6) is 0 Å². The number of hydrogen-bond acceptors (Lipinski definition) is 4. The zero-order chi connectivity index (χ0) is 24.2. The maximum atomic E-state index is 13.6. The number of carboxylic acid groups (broad SMARTS) is 1. The van der Waals surface area contributed by atoms with Gasteiger partial charge in [0, 0.05) is 18.2 Å². The summed E-state index contributed by atoms with van der Waals surface area (Å²) in [6.07, 6.45) is -0.652. The lowest BCUT2D eigenvalue weighted by Crippen LogP contribution is -2.35. The molecule has 0 fully saturated rings. The van der Waals surface area contributed by atoms with E-state index in [0.717, 1.165) is 40.5 Å². The molecule has 0 aromatic heterocycles. The van der Waals surface area contributed by atoms with Crippen LogP contribution in [0.1, 0.15) is 34.3 Å². The van der Waals surface area contributed by atoms with Gasteiger partial charge in [0.2, 0.25) is 5.91 Å². The Morgan fingerprint density at radius 1 is 1.00 bits per heavy atom. The van der Waals surface area contributed by atoms with E-state index < -0.39 is 29.7 Å². The van der Waals surface area contributed by atoms with Crippen molar-refractivity contribution >= 4 is 23.7 Å². The van der Waals surface area contributed by atoms with E-state index in [0.29, 0.717) is 0 Å². The van der Waals surface area contributed by atoms with E-state index in [-0.39, 0.29) is 30.3 Å².